The SMILES string of the molecule is COc1cc(Cl)c(C)cc1-n1nnc(C(N)=O)c1C. The Morgan fingerprint density at radius 3 is 2.63 bits per heavy atom. The van der Waals surface area contributed by atoms with E-state index < -0.39 is 5.91 Å². The number of carbonyl (C=O) groups excluding carboxylic acids is 1. The first-order valence-corrected chi connectivity index (χ1v) is 5.90. The van der Waals surface area contributed by atoms with Crippen molar-refractivity contribution in [3.63, 3.8) is 0 Å². The topological polar surface area (TPSA) is 83.0 Å². The average molecular weight is 281 g/mol. The van der Waals surface area contributed by atoms with E-state index in [-0.39, 0.29) is 5.69 Å². The number of methoxy groups -OCH3 is 1. The maximum absolute atomic E-state index is 11.2. The average Bonchev–Trinajstić information content (AvgIpc) is 2.74. The van der Waals surface area contributed by atoms with Crippen molar-refractivity contribution in [1.82, 2.24) is 15.0 Å². The first kappa shape index (κ1) is 13.4. The molecule has 2 aromatic rings. The number of carbonyl (C=O) groups is 1. The molecule has 0 saturated carbocycles. The van der Waals surface area contributed by atoms with Crippen LogP contribution >= 0.6 is 11.6 Å². The zero-order valence-corrected chi connectivity index (χ0v) is 11.5. The van der Waals surface area contributed by atoms with Crippen LogP contribution in [0.2, 0.25) is 5.02 Å². The first-order valence-electron chi connectivity index (χ1n) is 5.52. The van der Waals surface area contributed by atoms with Gasteiger partial charge in [-0.15, -0.1) is 5.10 Å². The number of nitrogens with zero attached hydrogens (tertiary/aromatic N) is 3. The molecule has 1 aromatic heterocycles. The van der Waals surface area contributed by atoms with Crippen molar-refractivity contribution in [2.24, 2.45) is 5.73 Å². The Morgan fingerprint density at radius 1 is 1.42 bits per heavy atom. The van der Waals surface area contributed by atoms with Gasteiger partial charge in [0.15, 0.2) is 5.69 Å². The highest BCUT2D eigenvalue weighted by atomic mass is 35.5. The summed E-state index contributed by atoms with van der Waals surface area (Å²) in [6, 6.07) is 3.50. The van der Waals surface area contributed by atoms with Crippen molar-refractivity contribution in [3.05, 3.63) is 34.1 Å². The van der Waals surface area contributed by atoms with Crippen molar-refractivity contribution in [2.75, 3.05) is 7.11 Å². The molecule has 0 spiro atoms. The number of rotatable bonds is 3. The van der Waals surface area contributed by atoms with E-state index in [4.69, 9.17) is 22.1 Å². The molecule has 1 amide bonds. The second-order valence-corrected chi connectivity index (χ2v) is 4.48. The molecule has 7 heteroatoms. The van der Waals surface area contributed by atoms with E-state index in [0.29, 0.717) is 22.2 Å². The summed E-state index contributed by atoms with van der Waals surface area (Å²) < 4.78 is 6.77. The minimum Gasteiger partial charge on any atom is -0.494 e. The van der Waals surface area contributed by atoms with E-state index in [2.05, 4.69) is 10.3 Å². The molecule has 0 bridgehead atoms. The summed E-state index contributed by atoms with van der Waals surface area (Å²) >= 11 is 6.05. The van der Waals surface area contributed by atoms with Crippen LogP contribution < -0.4 is 10.5 Å². The van der Waals surface area contributed by atoms with E-state index in [1.165, 1.54) is 11.8 Å². The first-order chi connectivity index (χ1) is 8.95. The van der Waals surface area contributed by atoms with Gasteiger partial charge in [-0.2, -0.15) is 0 Å². The highest BCUT2D eigenvalue weighted by molar-refractivity contribution is 6.31. The van der Waals surface area contributed by atoms with Crippen LogP contribution in [-0.2, 0) is 0 Å². The molecule has 0 radical (unpaired) electrons. The smallest absolute Gasteiger partial charge is 0.271 e. The summed E-state index contributed by atoms with van der Waals surface area (Å²) in [6.07, 6.45) is 0. The van der Waals surface area contributed by atoms with Crippen molar-refractivity contribution >= 4 is 17.5 Å². The highest BCUT2D eigenvalue weighted by Gasteiger charge is 2.17. The van der Waals surface area contributed by atoms with Crippen LogP contribution in [0.5, 0.6) is 5.75 Å². The molecule has 2 N–H and O–H groups in total. The molecule has 0 atom stereocenters. The lowest BCUT2D eigenvalue weighted by atomic mass is 10.2. The van der Waals surface area contributed by atoms with Crippen molar-refractivity contribution < 1.29 is 9.53 Å². The van der Waals surface area contributed by atoms with Gasteiger partial charge in [0.2, 0.25) is 0 Å². The van der Waals surface area contributed by atoms with Gasteiger partial charge in [0.1, 0.15) is 11.4 Å². The molecule has 1 aromatic carbocycles. The summed E-state index contributed by atoms with van der Waals surface area (Å²) in [5.41, 5.74) is 7.43. The lowest BCUT2D eigenvalue weighted by Gasteiger charge is -2.11. The highest BCUT2D eigenvalue weighted by Crippen LogP contribution is 2.30. The fourth-order valence-electron chi connectivity index (χ4n) is 1.76. The third kappa shape index (κ3) is 2.26. The van der Waals surface area contributed by atoms with Crippen LogP contribution in [0.4, 0.5) is 0 Å². The summed E-state index contributed by atoms with van der Waals surface area (Å²) in [5.74, 6) is -0.0759. The summed E-state index contributed by atoms with van der Waals surface area (Å²) in [6.45, 7) is 3.58. The zero-order chi connectivity index (χ0) is 14.2. The Morgan fingerprint density at radius 2 is 2.11 bits per heavy atom. The van der Waals surface area contributed by atoms with Gasteiger partial charge in [0.25, 0.3) is 5.91 Å². The maximum atomic E-state index is 11.2. The predicted molar refractivity (Wildman–Crippen MR) is 70.9 cm³/mol. The number of halogens is 1. The molecule has 0 aliphatic carbocycles. The fourth-order valence-corrected chi connectivity index (χ4v) is 1.92. The molecular formula is C12H13ClN4O2. The minimum atomic E-state index is -0.617. The van der Waals surface area contributed by atoms with Crippen molar-refractivity contribution in [3.8, 4) is 11.4 Å². The number of benzene rings is 1. The Bertz CT molecular complexity index is 651. The third-order valence-corrected chi connectivity index (χ3v) is 3.22. The van der Waals surface area contributed by atoms with Gasteiger partial charge in [0.05, 0.1) is 12.8 Å². The summed E-state index contributed by atoms with van der Waals surface area (Å²) in [7, 11) is 1.53. The van der Waals surface area contributed by atoms with E-state index in [1.807, 2.05) is 13.0 Å². The quantitative estimate of drug-likeness (QED) is 0.926. The lowest BCUT2D eigenvalue weighted by molar-refractivity contribution is 0.0995. The number of aryl methyl sites for hydroxylation is 1. The number of hydrogen-bond acceptors (Lipinski definition) is 4. The maximum Gasteiger partial charge on any atom is 0.271 e. The molecule has 0 aliphatic heterocycles. The normalized spacial score (nSPS) is 10.5. The largest absolute Gasteiger partial charge is 0.494 e. The number of amides is 1. The van der Waals surface area contributed by atoms with Gasteiger partial charge in [-0.1, -0.05) is 16.8 Å². The number of primary amides is 1. The number of aromatic nitrogens is 3. The van der Waals surface area contributed by atoms with Gasteiger partial charge in [0, 0.05) is 11.1 Å². The lowest BCUT2D eigenvalue weighted by Crippen LogP contribution is -2.13. The van der Waals surface area contributed by atoms with Crippen molar-refractivity contribution in [2.45, 2.75) is 13.8 Å². The molecule has 2 rings (SSSR count). The molecular weight excluding hydrogens is 268 g/mol. The van der Waals surface area contributed by atoms with Crippen LogP contribution in [0.15, 0.2) is 12.1 Å². The van der Waals surface area contributed by atoms with Gasteiger partial charge in [-0.3, -0.25) is 4.79 Å². The van der Waals surface area contributed by atoms with Crippen molar-refractivity contribution in [1.29, 1.82) is 0 Å². The Balaban J connectivity index is 2.65. The molecule has 19 heavy (non-hydrogen) atoms. The van der Waals surface area contributed by atoms with Crippen LogP contribution in [0, 0.1) is 13.8 Å². The fraction of sp³-hybridized carbons (Fsp3) is 0.250. The van der Waals surface area contributed by atoms with Crippen LogP contribution in [0.1, 0.15) is 21.7 Å². The molecule has 1 heterocycles. The van der Waals surface area contributed by atoms with Gasteiger partial charge in [-0.05, 0) is 25.5 Å². The molecule has 0 aliphatic rings. The Hall–Kier alpha value is -2.08. The second kappa shape index (κ2) is 4.89. The Kier molecular flexibility index (Phi) is 3.44. The molecule has 0 fully saturated rings. The summed E-state index contributed by atoms with van der Waals surface area (Å²) in [4.78, 5) is 11.2. The molecule has 100 valence electrons. The second-order valence-electron chi connectivity index (χ2n) is 4.07. The van der Waals surface area contributed by atoms with E-state index in [0.717, 1.165) is 5.56 Å². The van der Waals surface area contributed by atoms with Gasteiger partial charge < -0.3 is 10.5 Å². The third-order valence-electron chi connectivity index (χ3n) is 2.82. The number of hydrogen-bond donors (Lipinski definition) is 1. The standard InChI is InChI=1S/C12H13ClN4O2/c1-6-4-9(10(19-3)5-8(6)13)17-7(2)11(12(14)18)15-16-17/h4-5H,1-3H3,(H2,14,18). The monoisotopic (exact) mass is 280 g/mol. The molecule has 0 unspecified atom stereocenters. The zero-order valence-electron chi connectivity index (χ0n) is 10.8. The van der Waals surface area contributed by atoms with Crippen LogP contribution in [0.25, 0.3) is 5.69 Å². The Labute approximate surface area is 115 Å². The predicted octanol–water partition coefficient (Wildman–Crippen LogP) is 1.65. The number of nitrogens with two attached hydrogens (primary N) is 1. The van der Waals surface area contributed by atoms with E-state index in [1.54, 1.807) is 13.0 Å². The van der Waals surface area contributed by atoms with E-state index in [9.17, 15) is 4.79 Å². The minimum absolute atomic E-state index is 0.134. The van der Waals surface area contributed by atoms with Crippen LogP contribution in [-0.4, -0.2) is 28.0 Å². The van der Waals surface area contributed by atoms with Crippen LogP contribution in [0.3, 0.4) is 0 Å². The molecule has 0 saturated heterocycles. The summed E-state index contributed by atoms with van der Waals surface area (Å²) in [5, 5.41) is 8.29. The molecule has 6 nitrogen and oxygen atoms in total. The van der Waals surface area contributed by atoms with Gasteiger partial charge >= 0.3 is 0 Å². The van der Waals surface area contributed by atoms with Gasteiger partial charge in [-0.25, -0.2) is 4.68 Å². The van der Waals surface area contributed by atoms with E-state index >= 15 is 0 Å². The number of ether oxygens (including phenoxy) is 1.